The average molecular weight is 431 g/mol. The van der Waals surface area contributed by atoms with Gasteiger partial charge in [0.1, 0.15) is 5.58 Å². The van der Waals surface area contributed by atoms with Crippen molar-refractivity contribution in [1.82, 2.24) is 5.32 Å². The SMILES string of the molecule is CC(C)CCc1ccc2oc(=O)cc(N(C/C=C/c3ccccc3)C3CCNCC3)c2c1. The van der Waals surface area contributed by atoms with Gasteiger partial charge in [-0.2, -0.15) is 0 Å². The maximum Gasteiger partial charge on any atom is 0.338 e. The van der Waals surface area contributed by atoms with Gasteiger partial charge in [0.25, 0.3) is 0 Å². The number of nitrogens with one attached hydrogen (secondary N) is 1. The molecule has 0 atom stereocenters. The number of anilines is 1. The minimum absolute atomic E-state index is 0.284. The molecular formula is C28H34N2O2. The van der Waals surface area contributed by atoms with Crippen molar-refractivity contribution in [1.29, 1.82) is 0 Å². The second-order valence-electron chi connectivity index (χ2n) is 9.16. The fourth-order valence-corrected chi connectivity index (χ4v) is 4.47. The number of hydrogen-bond donors (Lipinski definition) is 1. The summed E-state index contributed by atoms with van der Waals surface area (Å²) in [6.07, 6.45) is 8.68. The molecule has 0 spiro atoms. The Morgan fingerprint density at radius 1 is 1.09 bits per heavy atom. The second-order valence-corrected chi connectivity index (χ2v) is 9.16. The number of fused-ring (bicyclic) bond motifs is 1. The predicted octanol–water partition coefficient (Wildman–Crippen LogP) is 5.65. The molecule has 4 rings (SSSR count). The quantitative estimate of drug-likeness (QED) is 0.469. The number of aryl methyl sites for hydroxylation is 1. The first-order chi connectivity index (χ1) is 15.6. The molecule has 4 nitrogen and oxygen atoms in total. The van der Waals surface area contributed by atoms with Gasteiger partial charge in [0, 0.05) is 24.0 Å². The largest absolute Gasteiger partial charge is 0.423 e. The summed E-state index contributed by atoms with van der Waals surface area (Å²) in [5, 5.41) is 4.50. The van der Waals surface area contributed by atoms with Crippen molar-refractivity contribution in [2.75, 3.05) is 24.5 Å². The lowest BCUT2D eigenvalue weighted by atomic mass is 9.99. The maximum atomic E-state index is 12.5. The van der Waals surface area contributed by atoms with Gasteiger partial charge in [-0.25, -0.2) is 4.79 Å². The highest BCUT2D eigenvalue weighted by Gasteiger charge is 2.23. The molecule has 32 heavy (non-hydrogen) atoms. The summed E-state index contributed by atoms with van der Waals surface area (Å²) >= 11 is 0. The van der Waals surface area contributed by atoms with Gasteiger partial charge in [0.15, 0.2) is 0 Å². The van der Waals surface area contributed by atoms with Gasteiger partial charge in [-0.15, -0.1) is 0 Å². The smallest absolute Gasteiger partial charge is 0.338 e. The van der Waals surface area contributed by atoms with Gasteiger partial charge >= 0.3 is 5.63 Å². The molecule has 2 heterocycles. The van der Waals surface area contributed by atoms with E-state index < -0.39 is 0 Å². The van der Waals surface area contributed by atoms with Crippen LogP contribution < -0.4 is 15.8 Å². The molecule has 1 fully saturated rings. The highest BCUT2D eigenvalue weighted by molar-refractivity contribution is 5.91. The lowest BCUT2D eigenvalue weighted by Crippen LogP contribution is -2.43. The minimum atomic E-state index is -0.284. The first-order valence-corrected chi connectivity index (χ1v) is 11.9. The normalized spacial score (nSPS) is 15.1. The molecule has 168 valence electrons. The average Bonchev–Trinajstić information content (AvgIpc) is 2.81. The fraction of sp³-hybridized carbons (Fsp3) is 0.393. The Labute approximate surface area is 190 Å². The minimum Gasteiger partial charge on any atom is -0.423 e. The highest BCUT2D eigenvalue weighted by Crippen LogP contribution is 2.30. The van der Waals surface area contributed by atoms with Gasteiger partial charge < -0.3 is 14.6 Å². The van der Waals surface area contributed by atoms with Crippen LogP contribution in [0.2, 0.25) is 0 Å². The molecule has 0 amide bonds. The number of piperidine rings is 1. The zero-order valence-corrected chi connectivity index (χ0v) is 19.2. The van der Waals surface area contributed by atoms with Crippen molar-refractivity contribution in [2.24, 2.45) is 5.92 Å². The molecule has 1 aliphatic heterocycles. The van der Waals surface area contributed by atoms with Crippen molar-refractivity contribution >= 4 is 22.7 Å². The lowest BCUT2D eigenvalue weighted by Gasteiger charge is -2.36. The van der Waals surface area contributed by atoms with Gasteiger partial charge in [-0.3, -0.25) is 0 Å². The fourth-order valence-electron chi connectivity index (χ4n) is 4.47. The first-order valence-electron chi connectivity index (χ1n) is 11.9. The van der Waals surface area contributed by atoms with Crippen LogP contribution in [0.15, 0.2) is 69.9 Å². The van der Waals surface area contributed by atoms with Crippen LogP contribution in [-0.4, -0.2) is 25.7 Å². The van der Waals surface area contributed by atoms with Crippen molar-refractivity contribution in [2.45, 2.75) is 45.6 Å². The Kier molecular flexibility index (Phi) is 7.43. The molecule has 0 unspecified atom stereocenters. The van der Waals surface area contributed by atoms with Gasteiger partial charge in [0.05, 0.1) is 5.69 Å². The molecule has 3 aromatic rings. The van der Waals surface area contributed by atoms with Crippen LogP contribution in [0.3, 0.4) is 0 Å². The molecule has 1 aliphatic rings. The van der Waals surface area contributed by atoms with Crippen molar-refractivity contribution in [3.63, 3.8) is 0 Å². The molecule has 1 N–H and O–H groups in total. The van der Waals surface area contributed by atoms with E-state index in [0.717, 1.165) is 56.4 Å². The molecule has 4 heteroatoms. The topological polar surface area (TPSA) is 45.5 Å². The third-order valence-electron chi connectivity index (χ3n) is 6.27. The molecule has 1 saturated heterocycles. The molecule has 0 saturated carbocycles. The standard InChI is InChI=1S/C28H34N2O2/c1-21(2)10-11-23-12-13-27-25(19-23)26(20-28(31)32-27)30(24-14-16-29-17-15-24)18-6-9-22-7-4-3-5-8-22/h3-9,12-13,19-21,24,29H,10-11,14-18H2,1-2H3/b9-6+. The molecule has 2 aromatic carbocycles. The van der Waals surface area contributed by atoms with Crippen LogP contribution in [0.25, 0.3) is 17.0 Å². The zero-order valence-electron chi connectivity index (χ0n) is 19.2. The summed E-state index contributed by atoms with van der Waals surface area (Å²) < 4.78 is 5.58. The molecular weight excluding hydrogens is 396 g/mol. The van der Waals surface area contributed by atoms with E-state index in [-0.39, 0.29) is 5.63 Å². The van der Waals surface area contributed by atoms with Gasteiger partial charge in [-0.1, -0.05) is 62.4 Å². The van der Waals surface area contributed by atoms with E-state index >= 15 is 0 Å². The Morgan fingerprint density at radius 3 is 2.62 bits per heavy atom. The van der Waals surface area contributed by atoms with E-state index in [1.54, 1.807) is 6.07 Å². The molecule has 0 radical (unpaired) electrons. The Morgan fingerprint density at radius 2 is 1.88 bits per heavy atom. The third-order valence-corrected chi connectivity index (χ3v) is 6.27. The summed E-state index contributed by atoms with van der Waals surface area (Å²) in [6, 6.07) is 18.7. The van der Waals surface area contributed by atoms with Crippen LogP contribution in [0.4, 0.5) is 5.69 Å². The summed E-state index contributed by atoms with van der Waals surface area (Å²) in [4.78, 5) is 14.9. The summed E-state index contributed by atoms with van der Waals surface area (Å²) in [5.74, 6) is 0.660. The Hall–Kier alpha value is -2.85. The van der Waals surface area contributed by atoms with E-state index in [0.29, 0.717) is 17.5 Å². The number of nitrogens with zero attached hydrogens (tertiary/aromatic N) is 1. The summed E-state index contributed by atoms with van der Waals surface area (Å²) in [6.45, 7) is 7.27. The number of hydrogen-bond acceptors (Lipinski definition) is 4. The van der Waals surface area contributed by atoms with Crippen LogP contribution >= 0.6 is 0 Å². The van der Waals surface area contributed by atoms with E-state index in [9.17, 15) is 4.79 Å². The summed E-state index contributed by atoms with van der Waals surface area (Å²) in [7, 11) is 0. The van der Waals surface area contributed by atoms with E-state index in [2.05, 4.69) is 72.6 Å². The Balaban J connectivity index is 1.71. The van der Waals surface area contributed by atoms with Crippen molar-refractivity contribution in [3.8, 4) is 0 Å². The monoisotopic (exact) mass is 430 g/mol. The maximum absolute atomic E-state index is 12.5. The highest BCUT2D eigenvalue weighted by atomic mass is 16.4. The van der Waals surface area contributed by atoms with E-state index in [4.69, 9.17) is 4.42 Å². The van der Waals surface area contributed by atoms with Crippen molar-refractivity contribution in [3.05, 3.63) is 82.2 Å². The number of benzene rings is 2. The zero-order chi connectivity index (χ0) is 22.3. The molecule has 0 bridgehead atoms. The van der Waals surface area contributed by atoms with Gasteiger partial charge in [0.2, 0.25) is 0 Å². The molecule has 0 aliphatic carbocycles. The second kappa shape index (κ2) is 10.6. The predicted molar refractivity (Wildman–Crippen MR) is 134 cm³/mol. The van der Waals surface area contributed by atoms with Crippen LogP contribution in [0, 0.1) is 5.92 Å². The Bertz CT molecular complexity index is 1100. The summed E-state index contributed by atoms with van der Waals surface area (Å²) in [5.41, 5.74) is 3.87. The van der Waals surface area contributed by atoms with Crippen LogP contribution in [-0.2, 0) is 6.42 Å². The van der Waals surface area contributed by atoms with Crippen molar-refractivity contribution < 1.29 is 4.42 Å². The van der Waals surface area contributed by atoms with E-state index in [1.807, 2.05) is 12.1 Å². The number of rotatable bonds is 8. The van der Waals surface area contributed by atoms with Crippen LogP contribution in [0.1, 0.15) is 44.2 Å². The third kappa shape index (κ3) is 5.68. The first kappa shape index (κ1) is 22.3. The van der Waals surface area contributed by atoms with Gasteiger partial charge in [-0.05, 0) is 68.0 Å². The molecule has 1 aromatic heterocycles. The lowest BCUT2D eigenvalue weighted by molar-refractivity contribution is 0.437. The van der Waals surface area contributed by atoms with E-state index in [1.165, 1.54) is 11.1 Å². The van der Waals surface area contributed by atoms with Crippen LogP contribution in [0.5, 0.6) is 0 Å².